The molecule has 0 saturated carbocycles. The molecule has 25 heavy (non-hydrogen) atoms. The van der Waals surface area contributed by atoms with E-state index in [1.807, 2.05) is 39.5 Å². The molecule has 1 saturated heterocycles. The van der Waals surface area contributed by atoms with Crippen molar-refractivity contribution in [2.24, 2.45) is 0 Å². The van der Waals surface area contributed by atoms with E-state index in [-0.39, 0.29) is 18.1 Å². The topological polar surface area (TPSA) is 57.2 Å². The number of nitrogens with zero attached hydrogens (tertiary/aromatic N) is 1. The van der Waals surface area contributed by atoms with Crippen LogP contribution in [0.4, 0.5) is 0 Å². The normalized spacial score (nSPS) is 20.3. The zero-order valence-corrected chi connectivity index (χ0v) is 15.8. The number of amides is 1. The SMILES string of the molecule is CCOc1cc(C(=O)N2CC(C)OC(C)C2)cc(OCC)c1OCC. The van der Waals surface area contributed by atoms with E-state index in [2.05, 4.69) is 0 Å². The molecular formula is C19H29NO5. The second-order valence-corrected chi connectivity index (χ2v) is 6.07. The molecule has 1 fully saturated rings. The van der Waals surface area contributed by atoms with Crippen LogP contribution in [0.2, 0.25) is 0 Å². The van der Waals surface area contributed by atoms with Crippen molar-refractivity contribution in [2.75, 3.05) is 32.9 Å². The number of hydrogen-bond donors (Lipinski definition) is 0. The minimum atomic E-state index is -0.0491. The Kier molecular flexibility index (Phi) is 6.93. The van der Waals surface area contributed by atoms with Gasteiger partial charge >= 0.3 is 0 Å². The van der Waals surface area contributed by atoms with Gasteiger partial charge in [0.25, 0.3) is 5.91 Å². The molecule has 0 spiro atoms. The lowest BCUT2D eigenvalue weighted by atomic mass is 10.1. The van der Waals surface area contributed by atoms with Crippen LogP contribution in [0.1, 0.15) is 45.0 Å². The first kappa shape index (κ1) is 19.4. The molecule has 1 aliphatic heterocycles. The Morgan fingerprint density at radius 3 is 1.92 bits per heavy atom. The molecule has 6 heteroatoms. The summed E-state index contributed by atoms with van der Waals surface area (Å²) in [4.78, 5) is 14.8. The van der Waals surface area contributed by atoms with E-state index in [9.17, 15) is 4.79 Å². The fourth-order valence-electron chi connectivity index (χ4n) is 3.04. The predicted molar refractivity (Wildman–Crippen MR) is 95.9 cm³/mol. The Morgan fingerprint density at radius 1 is 1.00 bits per heavy atom. The van der Waals surface area contributed by atoms with Crippen LogP contribution in [-0.4, -0.2) is 55.9 Å². The summed E-state index contributed by atoms with van der Waals surface area (Å²) in [7, 11) is 0. The van der Waals surface area contributed by atoms with Crippen LogP contribution in [0.5, 0.6) is 17.2 Å². The zero-order valence-electron chi connectivity index (χ0n) is 15.8. The van der Waals surface area contributed by atoms with Gasteiger partial charge in [-0.1, -0.05) is 0 Å². The minimum Gasteiger partial charge on any atom is -0.490 e. The lowest BCUT2D eigenvalue weighted by molar-refractivity contribution is -0.0586. The van der Waals surface area contributed by atoms with Crippen molar-refractivity contribution in [2.45, 2.75) is 46.8 Å². The monoisotopic (exact) mass is 351 g/mol. The highest BCUT2D eigenvalue weighted by atomic mass is 16.5. The minimum absolute atomic E-state index is 0.0214. The number of carbonyl (C=O) groups is 1. The smallest absolute Gasteiger partial charge is 0.254 e. The molecule has 0 aromatic heterocycles. The van der Waals surface area contributed by atoms with Gasteiger partial charge < -0.3 is 23.8 Å². The third-order valence-corrected chi connectivity index (χ3v) is 3.86. The third kappa shape index (κ3) is 4.78. The van der Waals surface area contributed by atoms with Crippen LogP contribution >= 0.6 is 0 Å². The summed E-state index contributed by atoms with van der Waals surface area (Å²) in [6.07, 6.45) is 0.0428. The van der Waals surface area contributed by atoms with Crippen LogP contribution < -0.4 is 14.2 Å². The van der Waals surface area contributed by atoms with Gasteiger partial charge in [-0.05, 0) is 46.8 Å². The maximum atomic E-state index is 13.0. The fraction of sp³-hybridized carbons (Fsp3) is 0.632. The molecule has 0 N–H and O–H groups in total. The molecule has 1 aliphatic rings. The van der Waals surface area contributed by atoms with Gasteiger partial charge in [0.2, 0.25) is 5.75 Å². The van der Waals surface area contributed by atoms with E-state index in [1.165, 1.54) is 0 Å². The summed E-state index contributed by atoms with van der Waals surface area (Å²) in [6.45, 7) is 12.3. The van der Waals surface area contributed by atoms with Gasteiger partial charge in [0.15, 0.2) is 11.5 Å². The predicted octanol–water partition coefficient (Wildman–Crippen LogP) is 3.13. The van der Waals surface area contributed by atoms with Crippen molar-refractivity contribution in [1.29, 1.82) is 0 Å². The molecule has 0 bridgehead atoms. The summed E-state index contributed by atoms with van der Waals surface area (Å²) in [5.41, 5.74) is 0.539. The molecule has 1 heterocycles. The van der Waals surface area contributed by atoms with E-state index >= 15 is 0 Å². The first-order chi connectivity index (χ1) is 12.0. The van der Waals surface area contributed by atoms with Crippen molar-refractivity contribution in [3.63, 3.8) is 0 Å². The Bertz CT molecular complexity index is 552. The van der Waals surface area contributed by atoms with Gasteiger partial charge in [0, 0.05) is 18.7 Å². The Labute approximate surface area is 150 Å². The molecule has 140 valence electrons. The van der Waals surface area contributed by atoms with Crippen LogP contribution in [-0.2, 0) is 4.74 Å². The second-order valence-electron chi connectivity index (χ2n) is 6.07. The summed E-state index contributed by atoms with van der Waals surface area (Å²) in [5.74, 6) is 1.57. The van der Waals surface area contributed by atoms with Crippen LogP contribution in [0, 0.1) is 0 Å². The van der Waals surface area contributed by atoms with Crippen molar-refractivity contribution in [3.8, 4) is 17.2 Å². The fourth-order valence-corrected chi connectivity index (χ4v) is 3.04. The second kappa shape index (κ2) is 8.94. The van der Waals surface area contributed by atoms with Gasteiger partial charge in [-0.25, -0.2) is 0 Å². The van der Waals surface area contributed by atoms with Gasteiger partial charge in [-0.2, -0.15) is 0 Å². The molecule has 1 aromatic rings. The molecule has 6 nitrogen and oxygen atoms in total. The van der Waals surface area contributed by atoms with Gasteiger partial charge in [-0.15, -0.1) is 0 Å². The summed E-state index contributed by atoms with van der Waals surface area (Å²) < 4.78 is 22.8. The number of morpholine rings is 1. The van der Waals surface area contributed by atoms with E-state index in [0.29, 0.717) is 55.7 Å². The lowest BCUT2D eigenvalue weighted by Crippen LogP contribution is -2.48. The van der Waals surface area contributed by atoms with E-state index in [1.54, 1.807) is 12.1 Å². The molecule has 2 rings (SSSR count). The van der Waals surface area contributed by atoms with Gasteiger partial charge in [0.1, 0.15) is 0 Å². The first-order valence-corrected chi connectivity index (χ1v) is 9.01. The van der Waals surface area contributed by atoms with Gasteiger partial charge in [-0.3, -0.25) is 4.79 Å². The molecule has 2 atom stereocenters. The summed E-state index contributed by atoms with van der Waals surface area (Å²) >= 11 is 0. The Hall–Kier alpha value is -1.95. The number of carbonyl (C=O) groups excluding carboxylic acids is 1. The van der Waals surface area contributed by atoms with Crippen molar-refractivity contribution >= 4 is 5.91 Å². The summed E-state index contributed by atoms with van der Waals surface area (Å²) in [5, 5.41) is 0. The molecular weight excluding hydrogens is 322 g/mol. The van der Waals surface area contributed by atoms with Gasteiger partial charge in [0.05, 0.1) is 32.0 Å². The van der Waals surface area contributed by atoms with Crippen molar-refractivity contribution < 1.29 is 23.7 Å². The average Bonchev–Trinajstić information content (AvgIpc) is 2.56. The average molecular weight is 351 g/mol. The van der Waals surface area contributed by atoms with E-state index in [0.717, 1.165) is 0 Å². The molecule has 2 unspecified atom stereocenters. The first-order valence-electron chi connectivity index (χ1n) is 9.01. The molecule has 0 aliphatic carbocycles. The molecule has 1 amide bonds. The van der Waals surface area contributed by atoms with Crippen molar-refractivity contribution in [1.82, 2.24) is 4.90 Å². The lowest BCUT2D eigenvalue weighted by Gasteiger charge is -2.35. The molecule has 1 aromatic carbocycles. The quantitative estimate of drug-likeness (QED) is 0.755. The third-order valence-electron chi connectivity index (χ3n) is 3.86. The largest absolute Gasteiger partial charge is 0.490 e. The maximum absolute atomic E-state index is 13.0. The Balaban J connectivity index is 2.37. The molecule has 0 radical (unpaired) electrons. The van der Waals surface area contributed by atoms with Crippen LogP contribution in [0.25, 0.3) is 0 Å². The number of rotatable bonds is 7. The standard InChI is InChI=1S/C19H29NO5/c1-6-22-16-9-15(10-17(23-7-2)18(16)24-8-3)19(21)20-11-13(4)25-14(5)12-20/h9-10,13-14H,6-8,11-12H2,1-5H3. The highest BCUT2D eigenvalue weighted by molar-refractivity contribution is 5.95. The highest BCUT2D eigenvalue weighted by Gasteiger charge is 2.28. The van der Waals surface area contributed by atoms with Crippen molar-refractivity contribution in [3.05, 3.63) is 17.7 Å². The highest BCUT2D eigenvalue weighted by Crippen LogP contribution is 2.39. The summed E-state index contributed by atoms with van der Waals surface area (Å²) in [6, 6.07) is 3.48. The maximum Gasteiger partial charge on any atom is 0.254 e. The van der Waals surface area contributed by atoms with Crippen LogP contribution in [0.15, 0.2) is 12.1 Å². The van der Waals surface area contributed by atoms with Crippen LogP contribution in [0.3, 0.4) is 0 Å². The Morgan fingerprint density at radius 2 is 1.48 bits per heavy atom. The van der Waals surface area contributed by atoms with E-state index in [4.69, 9.17) is 18.9 Å². The number of benzene rings is 1. The van der Waals surface area contributed by atoms with E-state index < -0.39 is 0 Å². The zero-order chi connectivity index (χ0) is 18.4. The number of ether oxygens (including phenoxy) is 4. The number of hydrogen-bond acceptors (Lipinski definition) is 5.